The second kappa shape index (κ2) is 8.55. The molecule has 0 unspecified atom stereocenters. The molecule has 1 rings (SSSR count). The molecule has 0 saturated carbocycles. The Morgan fingerprint density at radius 2 is 2.00 bits per heavy atom. The molecule has 19 heavy (non-hydrogen) atoms. The van der Waals surface area contributed by atoms with Crippen molar-refractivity contribution in [2.75, 3.05) is 24.7 Å². The van der Waals surface area contributed by atoms with Crippen LogP contribution in [0.3, 0.4) is 0 Å². The molecule has 0 spiro atoms. The van der Waals surface area contributed by atoms with Gasteiger partial charge in [0.25, 0.3) is 0 Å². The van der Waals surface area contributed by atoms with Gasteiger partial charge in [-0.05, 0) is 19.2 Å². The van der Waals surface area contributed by atoms with E-state index in [9.17, 15) is 9.59 Å². The fraction of sp³-hybridized carbons (Fsp3) is 0.385. The van der Waals surface area contributed by atoms with Gasteiger partial charge in [-0.3, -0.25) is 9.59 Å². The minimum atomic E-state index is -0.317. The van der Waals surface area contributed by atoms with E-state index in [0.717, 1.165) is 10.6 Å². The number of anilines is 1. The molecule has 2 amide bonds. The molecule has 4 N–H and O–H groups in total. The number of amides is 2. The maximum Gasteiger partial charge on any atom is 0.225 e. The van der Waals surface area contributed by atoms with E-state index in [0.29, 0.717) is 25.1 Å². The monoisotopic (exact) mass is 281 g/mol. The highest BCUT2D eigenvalue weighted by Crippen LogP contribution is 2.27. The van der Waals surface area contributed by atoms with Crippen molar-refractivity contribution in [3.8, 4) is 0 Å². The zero-order valence-corrected chi connectivity index (χ0v) is 11.8. The predicted molar refractivity (Wildman–Crippen MR) is 78.2 cm³/mol. The Morgan fingerprint density at radius 3 is 2.68 bits per heavy atom. The summed E-state index contributed by atoms with van der Waals surface area (Å²) in [5.41, 5.74) is 5.88. The average Bonchev–Trinajstić information content (AvgIpc) is 2.38. The average molecular weight is 281 g/mol. The van der Waals surface area contributed by atoms with Gasteiger partial charge in [-0.2, -0.15) is 0 Å². The number of nitrogens with one attached hydrogen (secondary N) is 2. The van der Waals surface area contributed by atoms with E-state index in [1.807, 2.05) is 24.3 Å². The lowest BCUT2D eigenvalue weighted by molar-refractivity contribution is -0.118. The maximum atomic E-state index is 11.7. The fourth-order valence-electron chi connectivity index (χ4n) is 1.41. The van der Waals surface area contributed by atoms with Crippen LogP contribution < -0.4 is 16.4 Å². The smallest absolute Gasteiger partial charge is 0.225 e. The van der Waals surface area contributed by atoms with Crippen molar-refractivity contribution < 1.29 is 9.59 Å². The number of nitrogens with two attached hydrogens (primary N) is 1. The van der Waals surface area contributed by atoms with Crippen molar-refractivity contribution in [3.05, 3.63) is 24.3 Å². The number of para-hydroxylation sites is 1. The van der Waals surface area contributed by atoms with Gasteiger partial charge in [-0.1, -0.05) is 12.1 Å². The third-order valence-corrected chi connectivity index (χ3v) is 3.44. The lowest BCUT2D eigenvalue weighted by Gasteiger charge is -2.10. The van der Waals surface area contributed by atoms with Gasteiger partial charge in [0.2, 0.25) is 11.8 Å². The van der Waals surface area contributed by atoms with E-state index >= 15 is 0 Å². The molecule has 5 nitrogen and oxygen atoms in total. The van der Waals surface area contributed by atoms with Crippen molar-refractivity contribution in [3.63, 3.8) is 0 Å². The molecule has 0 aliphatic rings. The third kappa shape index (κ3) is 6.26. The van der Waals surface area contributed by atoms with Crippen LogP contribution in [0.1, 0.15) is 12.8 Å². The lowest BCUT2D eigenvalue weighted by atomic mass is 10.3. The summed E-state index contributed by atoms with van der Waals surface area (Å²) in [6, 6.07) is 7.53. The molecule has 1 aromatic carbocycles. The molecular formula is C13H19N3O2S. The zero-order chi connectivity index (χ0) is 14.1. The molecule has 0 atom stereocenters. The van der Waals surface area contributed by atoms with Crippen LogP contribution in [0.15, 0.2) is 29.2 Å². The highest BCUT2D eigenvalue weighted by atomic mass is 32.2. The molecule has 0 heterocycles. The molecule has 0 bridgehead atoms. The van der Waals surface area contributed by atoms with Crippen molar-refractivity contribution in [1.29, 1.82) is 0 Å². The first-order valence-electron chi connectivity index (χ1n) is 6.08. The number of rotatable bonds is 8. The van der Waals surface area contributed by atoms with Crippen molar-refractivity contribution in [2.24, 2.45) is 5.73 Å². The number of primary amides is 1. The van der Waals surface area contributed by atoms with Gasteiger partial charge in [0.15, 0.2) is 0 Å². The van der Waals surface area contributed by atoms with E-state index in [1.165, 1.54) is 11.8 Å². The Labute approximate surface area is 117 Å². The molecule has 0 fully saturated rings. The normalized spacial score (nSPS) is 10.2. The summed E-state index contributed by atoms with van der Waals surface area (Å²) in [7, 11) is 1.81. The van der Waals surface area contributed by atoms with Gasteiger partial charge in [0.1, 0.15) is 0 Å². The molecule has 1 aromatic rings. The summed E-state index contributed by atoms with van der Waals surface area (Å²) < 4.78 is 0. The maximum absolute atomic E-state index is 11.7. The number of hydrogen-bond acceptors (Lipinski definition) is 4. The van der Waals surface area contributed by atoms with Crippen LogP contribution in [-0.4, -0.2) is 31.2 Å². The Balaban J connectivity index is 2.57. The summed E-state index contributed by atoms with van der Waals surface area (Å²) in [6.45, 7) is 0.642. The summed E-state index contributed by atoms with van der Waals surface area (Å²) in [5.74, 6) is 0.263. The van der Waals surface area contributed by atoms with Gasteiger partial charge < -0.3 is 16.4 Å². The second-order valence-electron chi connectivity index (χ2n) is 3.96. The van der Waals surface area contributed by atoms with Crippen LogP contribution in [0.25, 0.3) is 0 Å². The third-order valence-electron chi connectivity index (χ3n) is 2.37. The Kier molecular flexibility index (Phi) is 6.99. The van der Waals surface area contributed by atoms with Gasteiger partial charge in [0.05, 0.1) is 5.69 Å². The number of carbonyl (C=O) groups excluding carboxylic acids is 2. The lowest BCUT2D eigenvalue weighted by Crippen LogP contribution is -2.19. The molecule has 0 aliphatic carbocycles. The van der Waals surface area contributed by atoms with Crippen LogP contribution in [0.2, 0.25) is 0 Å². The quantitative estimate of drug-likeness (QED) is 0.625. The first-order valence-corrected chi connectivity index (χ1v) is 7.06. The second-order valence-corrected chi connectivity index (χ2v) is 5.10. The van der Waals surface area contributed by atoms with Crippen LogP contribution in [0.5, 0.6) is 0 Å². The Bertz CT molecular complexity index is 438. The molecule has 0 saturated heterocycles. The number of hydrogen-bond donors (Lipinski definition) is 3. The minimum Gasteiger partial charge on any atom is -0.370 e. The van der Waals surface area contributed by atoms with Crippen molar-refractivity contribution >= 4 is 29.3 Å². The highest BCUT2D eigenvalue weighted by molar-refractivity contribution is 7.99. The first-order chi connectivity index (χ1) is 9.13. The molecule has 6 heteroatoms. The minimum absolute atomic E-state index is 0.0303. The molecule has 0 aromatic heterocycles. The van der Waals surface area contributed by atoms with E-state index in [1.54, 1.807) is 7.05 Å². The number of benzene rings is 1. The van der Waals surface area contributed by atoms with Gasteiger partial charge in [-0.25, -0.2) is 0 Å². The predicted octanol–water partition coefficient (Wildman–Crippen LogP) is 1.20. The van der Waals surface area contributed by atoms with E-state index in [4.69, 9.17) is 5.73 Å². The molecular weight excluding hydrogens is 262 g/mol. The first kappa shape index (κ1) is 15.5. The number of carbonyl (C=O) groups is 2. The SMILES string of the molecule is CNCCC(=O)Nc1ccccc1SCCC(N)=O. The standard InChI is InChI=1S/C13H19N3O2S/c1-15-8-6-13(18)16-10-4-2-3-5-11(10)19-9-7-12(14)17/h2-5,15H,6-9H2,1H3,(H2,14,17)(H,16,18). The summed E-state index contributed by atoms with van der Waals surface area (Å²) in [5, 5.41) is 5.80. The van der Waals surface area contributed by atoms with Gasteiger partial charge >= 0.3 is 0 Å². The molecule has 0 aliphatic heterocycles. The Hall–Kier alpha value is -1.53. The highest BCUT2D eigenvalue weighted by Gasteiger charge is 2.07. The summed E-state index contributed by atoms with van der Waals surface area (Å²) >= 11 is 1.51. The number of thioether (sulfide) groups is 1. The molecule has 0 radical (unpaired) electrons. The van der Waals surface area contributed by atoms with Crippen LogP contribution in [-0.2, 0) is 9.59 Å². The van der Waals surface area contributed by atoms with E-state index < -0.39 is 0 Å². The largest absolute Gasteiger partial charge is 0.370 e. The van der Waals surface area contributed by atoms with Gasteiger partial charge in [0, 0.05) is 30.0 Å². The zero-order valence-electron chi connectivity index (χ0n) is 10.9. The van der Waals surface area contributed by atoms with Crippen LogP contribution in [0.4, 0.5) is 5.69 Å². The van der Waals surface area contributed by atoms with Crippen LogP contribution in [0, 0.1) is 0 Å². The van der Waals surface area contributed by atoms with E-state index in [-0.39, 0.29) is 11.8 Å². The molecule has 104 valence electrons. The fourth-order valence-corrected chi connectivity index (χ4v) is 2.38. The Morgan fingerprint density at radius 1 is 1.26 bits per heavy atom. The summed E-state index contributed by atoms with van der Waals surface area (Å²) in [4.78, 5) is 23.3. The van der Waals surface area contributed by atoms with Gasteiger partial charge in [-0.15, -0.1) is 11.8 Å². The van der Waals surface area contributed by atoms with Crippen molar-refractivity contribution in [2.45, 2.75) is 17.7 Å². The van der Waals surface area contributed by atoms with E-state index in [2.05, 4.69) is 10.6 Å². The van der Waals surface area contributed by atoms with Crippen LogP contribution >= 0.6 is 11.8 Å². The van der Waals surface area contributed by atoms with Crippen molar-refractivity contribution in [1.82, 2.24) is 5.32 Å². The summed E-state index contributed by atoms with van der Waals surface area (Å²) in [6.07, 6.45) is 0.753. The topological polar surface area (TPSA) is 84.2 Å².